The Balaban J connectivity index is 2.11. The molecule has 2 nitrogen and oxygen atoms in total. The predicted molar refractivity (Wildman–Crippen MR) is 83.4 cm³/mol. The van der Waals surface area contributed by atoms with E-state index in [1.165, 1.54) is 50.4 Å². The molecule has 0 radical (unpaired) electrons. The summed E-state index contributed by atoms with van der Waals surface area (Å²) in [4.78, 5) is 2.55. The summed E-state index contributed by atoms with van der Waals surface area (Å²) in [6, 6.07) is 0.763. The highest BCUT2D eigenvalue weighted by Crippen LogP contribution is 2.20. The smallest absolute Gasteiger partial charge is 0.0180 e. The highest BCUT2D eigenvalue weighted by molar-refractivity contribution is 7.99. The zero-order valence-electron chi connectivity index (χ0n) is 11.6. The summed E-state index contributed by atoms with van der Waals surface area (Å²) in [5.41, 5.74) is 0. The predicted octanol–water partition coefficient (Wildman–Crippen LogP) is 2.55. The Kier molecular flexibility index (Phi) is 8.79. The summed E-state index contributed by atoms with van der Waals surface area (Å²) in [6.07, 6.45) is 6.20. The molecule has 1 heterocycles. The van der Waals surface area contributed by atoms with Crippen molar-refractivity contribution in [1.29, 1.82) is 0 Å². The van der Waals surface area contributed by atoms with Crippen LogP contribution in [-0.2, 0) is 0 Å². The van der Waals surface area contributed by atoms with Crippen molar-refractivity contribution >= 4 is 23.5 Å². The SMILES string of the molecule is CCC(CSC)N(C)CCSC1CCNCC1. The molecule has 0 saturated carbocycles. The van der Waals surface area contributed by atoms with Gasteiger partial charge in [-0.1, -0.05) is 6.92 Å². The van der Waals surface area contributed by atoms with Crippen LogP contribution in [0.2, 0.25) is 0 Å². The lowest BCUT2D eigenvalue weighted by molar-refractivity contribution is 0.271. The molecule has 4 heteroatoms. The van der Waals surface area contributed by atoms with Crippen molar-refractivity contribution < 1.29 is 0 Å². The zero-order chi connectivity index (χ0) is 12.5. The first-order valence-corrected chi connectivity index (χ1v) is 9.23. The topological polar surface area (TPSA) is 15.3 Å². The van der Waals surface area contributed by atoms with Gasteiger partial charge in [0.05, 0.1) is 0 Å². The molecule has 1 N–H and O–H groups in total. The summed E-state index contributed by atoms with van der Waals surface area (Å²) in [6.45, 7) is 5.99. The maximum Gasteiger partial charge on any atom is 0.0180 e. The van der Waals surface area contributed by atoms with Crippen molar-refractivity contribution in [2.45, 2.75) is 37.5 Å². The van der Waals surface area contributed by atoms with Gasteiger partial charge in [-0.05, 0) is 45.7 Å². The molecule has 1 aliphatic heterocycles. The van der Waals surface area contributed by atoms with Crippen LogP contribution in [0.5, 0.6) is 0 Å². The first kappa shape index (κ1) is 15.7. The van der Waals surface area contributed by atoms with E-state index in [0.29, 0.717) is 0 Å². The Morgan fingerprint density at radius 3 is 2.65 bits per heavy atom. The fraction of sp³-hybridized carbons (Fsp3) is 1.00. The average Bonchev–Trinajstić information content (AvgIpc) is 2.37. The van der Waals surface area contributed by atoms with E-state index in [9.17, 15) is 0 Å². The molecule has 102 valence electrons. The van der Waals surface area contributed by atoms with Gasteiger partial charge in [-0.3, -0.25) is 0 Å². The summed E-state index contributed by atoms with van der Waals surface area (Å²) in [5, 5.41) is 4.34. The maximum atomic E-state index is 3.43. The normalized spacial score (nSPS) is 19.8. The summed E-state index contributed by atoms with van der Waals surface area (Å²) < 4.78 is 0. The van der Waals surface area contributed by atoms with Crippen LogP contribution in [0.1, 0.15) is 26.2 Å². The van der Waals surface area contributed by atoms with E-state index >= 15 is 0 Å². The van der Waals surface area contributed by atoms with E-state index in [4.69, 9.17) is 0 Å². The van der Waals surface area contributed by atoms with Gasteiger partial charge in [-0.15, -0.1) is 0 Å². The van der Waals surface area contributed by atoms with Gasteiger partial charge in [0, 0.05) is 29.3 Å². The molecule has 1 fully saturated rings. The van der Waals surface area contributed by atoms with E-state index < -0.39 is 0 Å². The van der Waals surface area contributed by atoms with Crippen molar-refractivity contribution in [2.24, 2.45) is 0 Å². The van der Waals surface area contributed by atoms with Crippen LogP contribution in [0, 0.1) is 0 Å². The molecule has 1 rings (SSSR count). The number of hydrogen-bond acceptors (Lipinski definition) is 4. The number of hydrogen-bond donors (Lipinski definition) is 1. The van der Waals surface area contributed by atoms with Gasteiger partial charge in [0.25, 0.3) is 0 Å². The second kappa shape index (κ2) is 9.54. The maximum absolute atomic E-state index is 3.43. The lowest BCUT2D eigenvalue weighted by Crippen LogP contribution is -2.35. The van der Waals surface area contributed by atoms with Crippen LogP contribution in [0.4, 0.5) is 0 Å². The van der Waals surface area contributed by atoms with Crippen LogP contribution in [0.3, 0.4) is 0 Å². The van der Waals surface area contributed by atoms with Gasteiger partial charge in [0.1, 0.15) is 0 Å². The fourth-order valence-corrected chi connectivity index (χ4v) is 4.43. The highest BCUT2D eigenvalue weighted by Gasteiger charge is 2.15. The molecule has 0 aliphatic carbocycles. The Hall–Kier alpha value is 0.620. The lowest BCUT2D eigenvalue weighted by atomic mass is 10.2. The molecule has 1 unspecified atom stereocenters. The minimum atomic E-state index is 0.763. The van der Waals surface area contributed by atoms with E-state index in [0.717, 1.165) is 11.3 Å². The molecular weight excluding hydrogens is 248 g/mol. The standard InChI is InChI=1S/C13H28N2S2/c1-4-12(11-16-3)15(2)9-10-17-13-5-7-14-8-6-13/h12-14H,4-11H2,1-3H3. The highest BCUT2D eigenvalue weighted by atomic mass is 32.2. The van der Waals surface area contributed by atoms with E-state index in [1.807, 2.05) is 11.8 Å². The van der Waals surface area contributed by atoms with Crippen LogP contribution in [0.15, 0.2) is 0 Å². The Morgan fingerprint density at radius 2 is 2.06 bits per heavy atom. The van der Waals surface area contributed by atoms with Crippen molar-refractivity contribution in [3.05, 3.63) is 0 Å². The summed E-state index contributed by atoms with van der Waals surface area (Å²) in [7, 11) is 2.29. The van der Waals surface area contributed by atoms with Gasteiger partial charge in [0.15, 0.2) is 0 Å². The monoisotopic (exact) mass is 276 g/mol. The third kappa shape index (κ3) is 6.37. The van der Waals surface area contributed by atoms with E-state index in [-0.39, 0.29) is 0 Å². The number of piperidine rings is 1. The molecule has 1 saturated heterocycles. The average molecular weight is 277 g/mol. The van der Waals surface area contributed by atoms with Gasteiger partial charge < -0.3 is 10.2 Å². The fourth-order valence-electron chi connectivity index (χ4n) is 2.26. The largest absolute Gasteiger partial charge is 0.317 e. The molecule has 17 heavy (non-hydrogen) atoms. The Morgan fingerprint density at radius 1 is 1.35 bits per heavy atom. The molecule has 0 aromatic heterocycles. The minimum Gasteiger partial charge on any atom is -0.317 e. The van der Waals surface area contributed by atoms with E-state index in [2.05, 4.69) is 42.2 Å². The van der Waals surface area contributed by atoms with Crippen molar-refractivity contribution in [3.8, 4) is 0 Å². The second-order valence-electron chi connectivity index (χ2n) is 4.82. The molecule has 0 bridgehead atoms. The molecule has 0 aromatic carbocycles. The third-order valence-corrected chi connectivity index (χ3v) is 5.62. The first-order chi connectivity index (χ1) is 8.27. The molecule has 0 amide bonds. The zero-order valence-corrected chi connectivity index (χ0v) is 13.2. The van der Waals surface area contributed by atoms with Crippen LogP contribution < -0.4 is 5.32 Å². The van der Waals surface area contributed by atoms with Crippen molar-refractivity contribution in [3.63, 3.8) is 0 Å². The Labute approximate surface area is 116 Å². The number of nitrogens with one attached hydrogen (secondary N) is 1. The quantitative estimate of drug-likeness (QED) is 0.732. The van der Waals surface area contributed by atoms with Crippen molar-refractivity contribution in [1.82, 2.24) is 10.2 Å². The van der Waals surface area contributed by atoms with Crippen LogP contribution >= 0.6 is 23.5 Å². The molecule has 1 atom stereocenters. The second-order valence-corrected chi connectivity index (χ2v) is 7.14. The summed E-state index contributed by atoms with van der Waals surface area (Å²) in [5.74, 6) is 2.57. The number of rotatable bonds is 8. The van der Waals surface area contributed by atoms with Crippen LogP contribution in [0.25, 0.3) is 0 Å². The molecule has 1 aliphatic rings. The van der Waals surface area contributed by atoms with Gasteiger partial charge >= 0.3 is 0 Å². The first-order valence-electron chi connectivity index (χ1n) is 6.79. The van der Waals surface area contributed by atoms with Gasteiger partial charge in [0.2, 0.25) is 0 Å². The molecule has 0 spiro atoms. The van der Waals surface area contributed by atoms with E-state index in [1.54, 1.807) is 0 Å². The Bertz CT molecular complexity index is 184. The lowest BCUT2D eigenvalue weighted by Gasteiger charge is -2.28. The molecular formula is C13H28N2S2. The van der Waals surface area contributed by atoms with Gasteiger partial charge in [-0.25, -0.2) is 0 Å². The third-order valence-electron chi connectivity index (χ3n) is 3.54. The number of thioether (sulfide) groups is 2. The summed E-state index contributed by atoms with van der Waals surface area (Å²) >= 11 is 4.15. The number of nitrogens with zero attached hydrogens (tertiary/aromatic N) is 1. The molecule has 0 aromatic rings. The van der Waals surface area contributed by atoms with Crippen LogP contribution in [-0.4, -0.2) is 60.6 Å². The minimum absolute atomic E-state index is 0.763. The van der Waals surface area contributed by atoms with Gasteiger partial charge in [-0.2, -0.15) is 23.5 Å². The van der Waals surface area contributed by atoms with Crippen molar-refractivity contribution in [2.75, 3.05) is 44.4 Å².